The van der Waals surface area contributed by atoms with Gasteiger partial charge >= 0.3 is 7.82 Å². The molecule has 0 amide bonds. The standard InChI is InChI=1S/C6H14NO9P/c7-6(12,2-16-17(13,14)15)5(11)4(10)3(9)1-8/h3-4,8-10,12H,1-2,7H2,(H2,13,14,15)/t3-,4-,6+/m0/s1. The topological polar surface area (TPSA) is 191 Å². The minimum atomic E-state index is -4.95. The van der Waals surface area contributed by atoms with Crippen LogP contribution in [0.2, 0.25) is 0 Å². The lowest BCUT2D eigenvalue weighted by Gasteiger charge is -2.25. The molecule has 0 aromatic heterocycles. The van der Waals surface area contributed by atoms with Gasteiger partial charge in [-0.3, -0.25) is 15.1 Å². The second kappa shape index (κ2) is 5.96. The third-order valence-corrected chi connectivity index (χ3v) is 2.17. The van der Waals surface area contributed by atoms with Crippen molar-refractivity contribution in [1.82, 2.24) is 0 Å². The second-order valence-electron chi connectivity index (χ2n) is 3.25. The van der Waals surface area contributed by atoms with Crippen LogP contribution in [0.5, 0.6) is 0 Å². The van der Waals surface area contributed by atoms with Crippen LogP contribution < -0.4 is 5.73 Å². The number of nitrogens with two attached hydrogens (primary N) is 1. The Labute approximate surface area is 95.5 Å². The molecule has 0 fully saturated rings. The van der Waals surface area contributed by atoms with Crippen molar-refractivity contribution in [3.8, 4) is 0 Å². The van der Waals surface area contributed by atoms with Crippen molar-refractivity contribution in [2.24, 2.45) is 5.73 Å². The monoisotopic (exact) mass is 275 g/mol. The molecule has 0 aliphatic rings. The zero-order chi connectivity index (χ0) is 13.9. The molecular weight excluding hydrogens is 261 g/mol. The van der Waals surface area contributed by atoms with Gasteiger partial charge in [0.2, 0.25) is 11.5 Å². The maximum absolute atomic E-state index is 11.3. The first-order chi connectivity index (χ1) is 7.51. The summed E-state index contributed by atoms with van der Waals surface area (Å²) in [6.07, 6.45) is -4.09. The van der Waals surface area contributed by atoms with E-state index in [4.69, 9.17) is 30.8 Å². The van der Waals surface area contributed by atoms with Gasteiger partial charge in [0.1, 0.15) is 18.8 Å². The maximum Gasteiger partial charge on any atom is 0.469 e. The van der Waals surface area contributed by atoms with E-state index in [1.165, 1.54) is 0 Å². The van der Waals surface area contributed by atoms with E-state index in [0.29, 0.717) is 0 Å². The highest BCUT2D eigenvalue weighted by Gasteiger charge is 2.40. The number of aliphatic hydroxyl groups is 4. The highest BCUT2D eigenvalue weighted by molar-refractivity contribution is 7.46. The van der Waals surface area contributed by atoms with Gasteiger partial charge in [-0.25, -0.2) is 4.57 Å². The van der Waals surface area contributed by atoms with Crippen molar-refractivity contribution in [2.45, 2.75) is 17.9 Å². The first-order valence-electron chi connectivity index (χ1n) is 4.24. The van der Waals surface area contributed by atoms with E-state index < -0.39 is 44.8 Å². The summed E-state index contributed by atoms with van der Waals surface area (Å²) in [7, 11) is -4.95. The molecule has 0 spiro atoms. The number of carbonyl (C=O) groups is 1. The Morgan fingerprint density at radius 2 is 1.88 bits per heavy atom. The van der Waals surface area contributed by atoms with E-state index in [0.717, 1.165) is 0 Å². The van der Waals surface area contributed by atoms with Crippen LogP contribution in [-0.4, -0.2) is 67.1 Å². The molecule has 17 heavy (non-hydrogen) atoms. The van der Waals surface area contributed by atoms with Crippen LogP contribution >= 0.6 is 7.82 Å². The van der Waals surface area contributed by atoms with Crippen molar-refractivity contribution in [3.05, 3.63) is 0 Å². The van der Waals surface area contributed by atoms with Gasteiger partial charge in [0.25, 0.3) is 0 Å². The van der Waals surface area contributed by atoms with E-state index >= 15 is 0 Å². The largest absolute Gasteiger partial charge is 0.469 e. The minimum Gasteiger partial charge on any atom is -0.394 e. The van der Waals surface area contributed by atoms with Crippen LogP contribution in [0.15, 0.2) is 0 Å². The first kappa shape index (κ1) is 16.6. The van der Waals surface area contributed by atoms with Gasteiger partial charge in [0.15, 0.2) is 0 Å². The Hall–Kier alpha value is -0.420. The lowest BCUT2D eigenvalue weighted by molar-refractivity contribution is -0.156. The molecule has 8 N–H and O–H groups in total. The van der Waals surface area contributed by atoms with Crippen LogP contribution in [-0.2, 0) is 13.9 Å². The van der Waals surface area contributed by atoms with E-state index in [9.17, 15) is 14.5 Å². The molecular formula is C6H14NO9P. The summed E-state index contributed by atoms with van der Waals surface area (Å²) < 4.78 is 14.1. The van der Waals surface area contributed by atoms with Gasteiger partial charge in [0.05, 0.1) is 6.61 Å². The normalized spacial score (nSPS) is 19.5. The van der Waals surface area contributed by atoms with Gasteiger partial charge in [-0.1, -0.05) is 0 Å². The second-order valence-corrected chi connectivity index (χ2v) is 4.49. The number of carbonyl (C=O) groups excluding carboxylic acids is 1. The van der Waals surface area contributed by atoms with Gasteiger partial charge in [-0.2, -0.15) is 0 Å². The van der Waals surface area contributed by atoms with Gasteiger partial charge in [-0.05, 0) is 0 Å². The molecule has 0 aromatic carbocycles. The fourth-order valence-corrected chi connectivity index (χ4v) is 1.15. The van der Waals surface area contributed by atoms with Gasteiger partial charge in [-0.15, -0.1) is 0 Å². The Morgan fingerprint density at radius 3 is 2.24 bits per heavy atom. The molecule has 10 nitrogen and oxygen atoms in total. The molecule has 0 bridgehead atoms. The molecule has 0 radical (unpaired) electrons. The third-order valence-electron chi connectivity index (χ3n) is 1.70. The number of ketones is 1. The number of hydrogen-bond acceptors (Lipinski definition) is 8. The molecule has 0 rings (SSSR count). The number of hydrogen-bond donors (Lipinski definition) is 7. The Bertz CT molecular complexity index is 313. The van der Waals surface area contributed by atoms with Gasteiger partial charge < -0.3 is 30.2 Å². The number of phosphoric acid groups is 1. The summed E-state index contributed by atoms with van der Waals surface area (Å²) in [5, 5.41) is 35.7. The molecule has 0 aliphatic carbocycles. The van der Waals surface area contributed by atoms with Crippen molar-refractivity contribution >= 4 is 13.6 Å². The number of rotatable bonds is 7. The van der Waals surface area contributed by atoms with Crippen LogP contribution in [0, 0.1) is 0 Å². The van der Waals surface area contributed by atoms with Crippen molar-refractivity contribution in [3.63, 3.8) is 0 Å². The lowest BCUT2D eigenvalue weighted by Crippen LogP contribution is -2.58. The molecule has 0 aliphatic heterocycles. The molecule has 0 saturated heterocycles. The SMILES string of the molecule is N[C@@](O)(COP(=O)(O)O)C(=O)[C@@H](O)[C@@H](O)CO. The molecule has 102 valence electrons. The number of phosphoric ester groups is 1. The summed E-state index contributed by atoms with van der Waals surface area (Å²) >= 11 is 0. The zero-order valence-electron chi connectivity index (χ0n) is 8.50. The first-order valence-corrected chi connectivity index (χ1v) is 5.77. The fraction of sp³-hybridized carbons (Fsp3) is 0.833. The van der Waals surface area contributed by atoms with Crippen molar-refractivity contribution < 1.29 is 44.1 Å². The predicted molar refractivity (Wildman–Crippen MR) is 51.2 cm³/mol. The smallest absolute Gasteiger partial charge is 0.394 e. The van der Waals surface area contributed by atoms with E-state index in [1.807, 2.05) is 0 Å². The summed E-state index contributed by atoms with van der Waals surface area (Å²) in [5.41, 5.74) is 2.04. The maximum atomic E-state index is 11.3. The number of aliphatic hydroxyl groups excluding tert-OH is 3. The Balaban J connectivity index is 4.59. The van der Waals surface area contributed by atoms with E-state index in [-0.39, 0.29) is 0 Å². The summed E-state index contributed by atoms with van der Waals surface area (Å²) in [6, 6.07) is 0. The molecule has 0 aromatic rings. The predicted octanol–water partition coefficient (Wildman–Crippen LogP) is -3.97. The summed E-state index contributed by atoms with van der Waals surface area (Å²) in [4.78, 5) is 27.9. The highest BCUT2D eigenvalue weighted by Crippen LogP contribution is 2.36. The average Bonchev–Trinajstić information content (AvgIpc) is 2.22. The quantitative estimate of drug-likeness (QED) is 0.178. The zero-order valence-corrected chi connectivity index (χ0v) is 9.40. The fourth-order valence-electron chi connectivity index (χ4n) is 0.784. The van der Waals surface area contributed by atoms with E-state index in [1.54, 1.807) is 0 Å². The van der Waals surface area contributed by atoms with Crippen LogP contribution in [0.25, 0.3) is 0 Å². The number of Topliss-reactive ketones (excluding diaryl/α,β-unsaturated/α-hetero) is 1. The minimum absolute atomic E-state index is 0.970. The highest BCUT2D eigenvalue weighted by atomic mass is 31.2. The van der Waals surface area contributed by atoms with Crippen LogP contribution in [0.1, 0.15) is 0 Å². The van der Waals surface area contributed by atoms with Crippen LogP contribution in [0.4, 0.5) is 0 Å². The summed E-state index contributed by atoms with van der Waals surface area (Å²) in [6.45, 7) is -2.26. The molecule has 0 heterocycles. The Kier molecular flexibility index (Phi) is 5.81. The average molecular weight is 275 g/mol. The molecule has 0 unspecified atom stereocenters. The van der Waals surface area contributed by atoms with Gasteiger partial charge in [0, 0.05) is 0 Å². The molecule has 11 heteroatoms. The molecule has 0 saturated carbocycles. The van der Waals surface area contributed by atoms with Crippen molar-refractivity contribution in [1.29, 1.82) is 0 Å². The molecule has 3 atom stereocenters. The van der Waals surface area contributed by atoms with E-state index in [2.05, 4.69) is 4.52 Å². The lowest BCUT2D eigenvalue weighted by atomic mass is 10.0. The third kappa shape index (κ3) is 5.64. The Morgan fingerprint density at radius 1 is 1.41 bits per heavy atom. The summed E-state index contributed by atoms with van der Waals surface area (Å²) in [5.74, 6) is -1.55. The van der Waals surface area contributed by atoms with Crippen molar-refractivity contribution in [2.75, 3.05) is 13.2 Å². The van der Waals surface area contributed by atoms with Crippen LogP contribution in [0.3, 0.4) is 0 Å².